The highest BCUT2D eigenvalue weighted by Gasteiger charge is 2.01. The minimum atomic E-state index is -1.08. The summed E-state index contributed by atoms with van der Waals surface area (Å²) in [6, 6.07) is 0. The Hall–Kier alpha value is -3.30. The zero-order chi connectivity index (χ0) is 25.2. The molecule has 0 bridgehead atoms. The first-order chi connectivity index (χ1) is 14.3. The Morgan fingerprint density at radius 1 is 0.516 bits per heavy atom. The van der Waals surface area contributed by atoms with Crippen LogP contribution in [0.15, 0.2) is 0 Å². The fourth-order valence-electron chi connectivity index (χ4n) is 0.948. The molecule has 0 saturated heterocycles. The van der Waals surface area contributed by atoms with E-state index in [1.54, 1.807) is 0 Å². The maximum absolute atomic E-state index is 9.64. The number of carboxylic acid groups (broad SMARTS) is 6. The maximum Gasteiger partial charge on any atom is 0.303 e. The van der Waals surface area contributed by atoms with Crippen molar-refractivity contribution >= 4 is 35.8 Å². The molecule has 0 atom stereocenters. The quantitative estimate of drug-likeness (QED) is 0.139. The van der Waals surface area contributed by atoms with E-state index >= 15 is 0 Å². The van der Waals surface area contributed by atoms with Gasteiger partial charge in [0, 0.05) is 19.6 Å². The fraction of sp³-hybridized carbons (Fsp3) is 0.625. The van der Waals surface area contributed by atoms with Crippen LogP contribution >= 0.6 is 0 Å². The molecule has 0 aromatic heterocycles. The number of aliphatic hydroxyl groups excluding tert-OH is 1. The van der Waals surface area contributed by atoms with Gasteiger partial charge >= 0.3 is 35.8 Å². The smallest absolute Gasteiger partial charge is 0.303 e. The van der Waals surface area contributed by atoms with Gasteiger partial charge in [0.1, 0.15) is 0 Å². The molecule has 182 valence electrons. The number of aliphatic carboxylic acids is 6. The number of carbonyl (C=O) groups is 6. The number of aliphatic hydroxyl groups is 1. The van der Waals surface area contributed by atoms with Crippen LogP contribution in [0.3, 0.4) is 0 Å². The van der Waals surface area contributed by atoms with Gasteiger partial charge in [-0.2, -0.15) is 0 Å². The van der Waals surface area contributed by atoms with Crippen LogP contribution in [0.2, 0.25) is 0 Å². The van der Waals surface area contributed by atoms with Crippen molar-refractivity contribution in [3.63, 3.8) is 0 Å². The molecule has 31 heavy (non-hydrogen) atoms. The third-order valence-corrected chi connectivity index (χ3v) is 2.27. The number of nitrogens with one attached hydrogen (secondary N) is 1. The molecule has 0 saturated carbocycles. The monoisotopic (exact) mass is 458 g/mol. The molecule has 0 aliphatic carbocycles. The highest BCUT2D eigenvalue weighted by Crippen LogP contribution is 1.87. The number of hydrogen-bond acceptors (Lipinski definition) is 9. The highest BCUT2D eigenvalue weighted by atomic mass is 16.4. The summed E-state index contributed by atoms with van der Waals surface area (Å²) in [6.07, 6.45) is -1.78. The number of rotatable bonds is 13. The molecular weight excluding hydrogens is 428 g/mol. The summed E-state index contributed by atoms with van der Waals surface area (Å²) < 4.78 is 0. The van der Waals surface area contributed by atoms with E-state index in [4.69, 9.17) is 41.5 Å². The topological polar surface area (TPSA) is 282 Å². The average molecular weight is 458 g/mol. The van der Waals surface area contributed by atoms with Crippen LogP contribution in [0.25, 0.3) is 0 Å². The van der Waals surface area contributed by atoms with Gasteiger partial charge < -0.3 is 46.8 Å². The van der Waals surface area contributed by atoms with Crippen molar-refractivity contribution in [2.75, 3.05) is 26.2 Å². The Morgan fingerprint density at radius 3 is 0.871 bits per heavy atom. The summed E-state index contributed by atoms with van der Waals surface area (Å²) in [4.78, 5) is 57.8. The van der Waals surface area contributed by atoms with E-state index in [1.165, 1.54) is 0 Å². The predicted molar refractivity (Wildman–Crippen MR) is 103 cm³/mol. The summed E-state index contributed by atoms with van der Waals surface area (Å²) in [7, 11) is 0. The molecule has 0 radical (unpaired) electrons. The van der Waals surface area contributed by atoms with E-state index in [2.05, 4.69) is 5.32 Å². The molecular formula is C16H30N2O13. The fourth-order valence-corrected chi connectivity index (χ4v) is 0.948. The first-order valence-corrected chi connectivity index (χ1v) is 8.62. The van der Waals surface area contributed by atoms with Crippen LogP contribution in [-0.2, 0) is 28.8 Å². The third-order valence-electron chi connectivity index (χ3n) is 2.27. The van der Waals surface area contributed by atoms with E-state index in [0.717, 1.165) is 6.54 Å². The van der Waals surface area contributed by atoms with Gasteiger partial charge in [0.25, 0.3) is 0 Å². The SMILES string of the molecule is NCCNCCO.O=C(O)CCC(=O)O.O=C(O)CCC(=O)O.O=C(O)CCC(=O)O. The molecule has 0 amide bonds. The van der Waals surface area contributed by atoms with Crippen molar-refractivity contribution in [1.82, 2.24) is 5.32 Å². The second-order valence-electron chi connectivity index (χ2n) is 5.12. The lowest BCUT2D eigenvalue weighted by Crippen LogP contribution is -2.24. The predicted octanol–water partition coefficient (Wildman–Crippen LogP) is -1.67. The normalized spacial score (nSPS) is 8.71. The lowest BCUT2D eigenvalue weighted by Gasteiger charge is -1.95. The van der Waals surface area contributed by atoms with Crippen LogP contribution in [-0.4, -0.2) is 97.8 Å². The van der Waals surface area contributed by atoms with Gasteiger partial charge in [-0.1, -0.05) is 0 Å². The highest BCUT2D eigenvalue weighted by molar-refractivity contribution is 5.76. The molecule has 15 nitrogen and oxygen atoms in total. The van der Waals surface area contributed by atoms with Crippen LogP contribution in [0.4, 0.5) is 0 Å². The van der Waals surface area contributed by atoms with Crippen LogP contribution in [0.1, 0.15) is 38.5 Å². The second-order valence-corrected chi connectivity index (χ2v) is 5.12. The Morgan fingerprint density at radius 2 is 0.742 bits per heavy atom. The van der Waals surface area contributed by atoms with Crippen LogP contribution < -0.4 is 11.1 Å². The van der Waals surface area contributed by atoms with Crippen molar-refractivity contribution in [1.29, 1.82) is 0 Å². The average Bonchev–Trinajstić information content (AvgIpc) is 2.65. The lowest BCUT2D eigenvalue weighted by molar-refractivity contribution is -0.143. The molecule has 0 unspecified atom stereocenters. The van der Waals surface area contributed by atoms with Crippen molar-refractivity contribution in [2.24, 2.45) is 5.73 Å². The molecule has 0 aliphatic rings. The van der Waals surface area contributed by atoms with Gasteiger partial charge in [-0.3, -0.25) is 28.8 Å². The maximum atomic E-state index is 9.64. The van der Waals surface area contributed by atoms with Gasteiger partial charge in [-0.05, 0) is 0 Å². The van der Waals surface area contributed by atoms with E-state index in [9.17, 15) is 28.8 Å². The zero-order valence-corrected chi connectivity index (χ0v) is 16.7. The van der Waals surface area contributed by atoms with Gasteiger partial charge in [-0.25, -0.2) is 0 Å². The first kappa shape index (κ1) is 35.2. The van der Waals surface area contributed by atoms with Crippen LogP contribution in [0, 0.1) is 0 Å². The molecule has 0 heterocycles. The van der Waals surface area contributed by atoms with Gasteiger partial charge in [0.15, 0.2) is 0 Å². The van der Waals surface area contributed by atoms with Crippen molar-refractivity contribution in [3.05, 3.63) is 0 Å². The van der Waals surface area contributed by atoms with Gasteiger partial charge in [-0.15, -0.1) is 0 Å². The Bertz CT molecular complexity index is 425. The molecule has 0 aromatic carbocycles. The Labute approximate surface area is 177 Å². The van der Waals surface area contributed by atoms with E-state index in [-0.39, 0.29) is 45.1 Å². The lowest BCUT2D eigenvalue weighted by atomic mass is 10.3. The summed E-state index contributed by atoms with van der Waals surface area (Å²) in [5.74, 6) is -6.46. The Kier molecular flexibility index (Phi) is 30.3. The molecule has 0 aliphatic heterocycles. The summed E-state index contributed by atoms with van der Waals surface area (Å²) in [5, 5.41) is 58.5. The van der Waals surface area contributed by atoms with E-state index in [1.807, 2.05) is 0 Å². The third kappa shape index (κ3) is 66.1. The van der Waals surface area contributed by atoms with E-state index in [0.29, 0.717) is 13.1 Å². The number of hydrogen-bond donors (Lipinski definition) is 9. The second kappa shape index (κ2) is 26.7. The minimum Gasteiger partial charge on any atom is -0.481 e. The van der Waals surface area contributed by atoms with Crippen molar-refractivity contribution < 1.29 is 64.5 Å². The number of carboxylic acids is 6. The van der Waals surface area contributed by atoms with Crippen molar-refractivity contribution in [3.8, 4) is 0 Å². The molecule has 0 spiro atoms. The molecule has 15 heteroatoms. The van der Waals surface area contributed by atoms with Crippen LogP contribution in [0.5, 0.6) is 0 Å². The standard InChI is InChI=1S/C4H12N2O.3C4H6O4/c5-1-2-6-3-4-7;3*5-3(6)1-2-4(7)8/h6-7H,1-5H2;3*1-2H2,(H,5,6)(H,7,8). The van der Waals surface area contributed by atoms with Gasteiger partial charge in [0.05, 0.1) is 45.1 Å². The summed E-state index contributed by atoms with van der Waals surface area (Å²) >= 11 is 0. The zero-order valence-electron chi connectivity index (χ0n) is 16.7. The summed E-state index contributed by atoms with van der Waals surface area (Å²) in [6.45, 7) is 2.28. The summed E-state index contributed by atoms with van der Waals surface area (Å²) in [5.41, 5.74) is 5.13. The Balaban J connectivity index is -0.000000157. The molecule has 10 N–H and O–H groups in total. The number of nitrogens with two attached hydrogens (primary N) is 1. The largest absolute Gasteiger partial charge is 0.481 e. The van der Waals surface area contributed by atoms with E-state index < -0.39 is 35.8 Å². The molecule has 0 rings (SSSR count). The molecule has 0 aromatic rings. The minimum absolute atomic E-state index is 0.194. The molecule has 0 fully saturated rings. The first-order valence-electron chi connectivity index (χ1n) is 8.62. The van der Waals surface area contributed by atoms with Gasteiger partial charge in [0.2, 0.25) is 0 Å². The van der Waals surface area contributed by atoms with Crippen molar-refractivity contribution in [2.45, 2.75) is 38.5 Å².